The molecule has 3 rings (SSSR count). The first-order chi connectivity index (χ1) is 18.2. The minimum atomic E-state index is -0.319. The Labute approximate surface area is 226 Å². The molecule has 0 bridgehead atoms. The number of para-hydroxylation sites is 1. The van der Waals surface area contributed by atoms with Crippen LogP contribution >= 0.6 is 0 Å². The highest BCUT2D eigenvalue weighted by Gasteiger charge is 2.21. The topological polar surface area (TPSA) is 73.9 Å². The number of amides is 1. The molecule has 0 aliphatic carbocycles. The van der Waals surface area contributed by atoms with E-state index in [4.69, 9.17) is 14.2 Å². The summed E-state index contributed by atoms with van der Waals surface area (Å²) in [5.41, 5.74) is 5.57. The Morgan fingerprint density at radius 2 is 1.61 bits per heavy atom. The Morgan fingerprint density at radius 1 is 0.895 bits per heavy atom. The van der Waals surface area contributed by atoms with Gasteiger partial charge in [-0.05, 0) is 61.9 Å². The van der Waals surface area contributed by atoms with Crippen LogP contribution in [0.4, 0.5) is 0 Å². The molecule has 3 aromatic carbocycles. The Morgan fingerprint density at radius 3 is 2.26 bits per heavy atom. The fourth-order valence-corrected chi connectivity index (χ4v) is 4.59. The van der Waals surface area contributed by atoms with E-state index in [-0.39, 0.29) is 24.3 Å². The molecule has 0 heterocycles. The molecular formula is C32H39NO5. The molecule has 3 aromatic rings. The monoisotopic (exact) mass is 517 g/mol. The lowest BCUT2D eigenvalue weighted by Crippen LogP contribution is -2.30. The number of hydrogen-bond donors (Lipinski definition) is 1. The van der Waals surface area contributed by atoms with E-state index in [9.17, 15) is 9.59 Å². The number of ether oxygens (including phenoxy) is 3. The minimum Gasteiger partial charge on any atom is -0.496 e. The molecule has 1 amide bonds. The zero-order chi connectivity index (χ0) is 27.7. The van der Waals surface area contributed by atoms with Crippen LogP contribution in [-0.4, -0.2) is 26.1 Å². The number of nitrogens with one attached hydrogen (secondary N) is 1. The third kappa shape index (κ3) is 8.10. The molecule has 6 heteroatoms. The lowest BCUT2D eigenvalue weighted by molar-refractivity contribution is -0.140. The van der Waals surface area contributed by atoms with Gasteiger partial charge in [0.15, 0.2) is 0 Å². The normalized spacial score (nSPS) is 11.7. The molecule has 38 heavy (non-hydrogen) atoms. The van der Waals surface area contributed by atoms with Crippen LogP contribution in [0.1, 0.15) is 70.9 Å². The third-order valence-corrected chi connectivity index (χ3v) is 6.40. The third-order valence-electron chi connectivity index (χ3n) is 6.40. The summed E-state index contributed by atoms with van der Waals surface area (Å²) in [5, 5.41) is 3.27. The number of carbonyl (C=O) groups is 2. The summed E-state index contributed by atoms with van der Waals surface area (Å²) < 4.78 is 16.3. The van der Waals surface area contributed by atoms with Gasteiger partial charge in [0.25, 0.3) is 5.91 Å². The quantitative estimate of drug-likeness (QED) is 0.277. The molecule has 1 N–H and O–H groups in total. The summed E-state index contributed by atoms with van der Waals surface area (Å²) in [6.07, 6.45) is 1.38. The molecule has 1 unspecified atom stereocenters. The van der Waals surface area contributed by atoms with Crippen LogP contribution in [0.15, 0.2) is 60.7 Å². The standard InChI is InChI=1S/C32H39NO5/c1-21(2)15-29(26-17-22(3)16-23(4)18-26)33-32(35)28-19-27(13-11-24(28)12-14-31(34)37-6)38-20-25-9-7-8-10-30(25)36-5/h7-11,13,16-19,21,29H,12,14-15,20H2,1-6H3,(H,33,35). The number of rotatable bonds is 12. The number of aryl methyl sites for hydroxylation is 3. The van der Waals surface area contributed by atoms with E-state index in [1.54, 1.807) is 13.2 Å². The Bertz CT molecular complexity index is 1230. The van der Waals surface area contributed by atoms with E-state index in [2.05, 4.69) is 51.2 Å². The van der Waals surface area contributed by atoms with E-state index in [1.807, 2.05) is 36.4 Å². The van der Waals surface area contributed by atoms with Crippen LogP contribution in [0.2, 0.25) is 0 Å². The van der Waals surface area contributed by atoms with Gasteiger partial charge in [0.2, 0.25) is 0 Å². The van der Waals surface area contributed by atoms with Crippen LogP contribution in [0, 0.1) is 19.8 Å². The first-order valence-electron chi connectivity index (χ1n) is 13.0. The van der Waals surface area contributed by atoms with E-state index >= 15 is 0 Å². The summed E-state index contributed by atoms with van der Waals surface area (Å²) in [5.74, 6) is 1.17. The predicted molar refractivity (Wildman–Crippen MR) is 150 cm³/mol. The van der Waals surface area contributed by atoms with Crippen LogP contribution < -0.4 is 14.8 Å². The second-order valence-electron chi connectivity index (χ2n) is 10.1. The first-order valence-corrected chi connectivity index (χ1v) is 13.0. The average Bonchev–Trinajstić information content (AvgIpc) is 2.89. The summed E-state index contributed by atoms with van der Waals surface area (Å²) in [6.45, 7) is 8.73. The fourth-order valence-electron chi connectivity index (χ4n) is 4.59. The van der Waals surface area contributed by atoms with Crippen LogP contribution in [-0.2, 0) is 22.6 Å². The molecule has 202 valence electrons. The lowest BCUT2D eigenvalue weighted by Gasteiger charge is -2.23. The molecule has 0 fully saturated rings. The van der Waals surface area contributed by atoms with Crippen molar-refractivity contribution < 1.29 is 23.8 Å². The highest BCUT2D eigenvalue weighted by atomic mass is 16.5. The molecule has 0 saturated heterocycles. The summed E-state index contributed by atoms with van der Waals surface area (Å²) >= 11 is 0. The molecule has 0 aliphatic heterocycles. The maximum atomic E-state index is 13.7. The molecule has 0 saturated carbocycles. The van der Waals surface area contributed by atoms with E-state index in [0.29, 0.717) is 30.3 Å². The van der Waals surface area contributed by atoms with Gasteiger partial charge < -0.3 is 19.5 Å². The molecule has 0 spiro atoms. The molecule has 6 nitrogen and oxygen atoms in total. The van der Waals surface area contributed by atoms with Crippen molar-refractivity contribution in [3.63, 3.8) is 0 Å². The Hall–Kier alpha value is -3.80. The van der Waals surface area contributed by atoms with Gasteiger partial charge in [0, 0.05) is 17.5 Å². The van der Waals surface area contributed by atoms with E-state index in [1.165, 1.54) is 7.11 Å². The summed E-state index contributed by atoms with van der Waals surface area (Å²) in [6, 6.07) is 19.3. The smallest absolute Gasteiger partial charge is 0.305 e. The molecule has 0 radical (unpaired) electrons. The van der Waals surface area contributed by atoms with Crippen molar-refractivity contribution in [2.45, 2.75) is 59.6 Å². The van der Waals surface area contributed by atoms with Gasteiger partial charge in [-0.15, -0.1) is 0 Å². The average molecular weight is 518 g/mol. The van der Waals surface area contributed by atoms with Crippen molar-refractivity contribution in [3.05, 3.63) is 94.0 Å². The van der Waals surface area contributed by atoms with Crippen molar-refractivity contribution >= 4 is 11.9 Å². The van der Waals surface area contributed by atoms with Crippen LogP contribution in [0.3, 0.4) is 0 Å². The zero-order valence-corrected chi connectivity index (χ0v) is 23.3. The first kappa shape index (κ1) is 28.8. The second-order valence-corrected chi connectivity index (χ2v) is 10.1. The molecule has 0 aromatic heterocycles. The minimum absolute atomic E-state index is 0.146. The van der Waals surface area contributed by atoms with Crippen molar-refractivity contribution in [3.8, 4) is 11.5 Å². The highest BCUT2D eigenvalue weighted by molar-refractivity contribution is 5.96. The highest BCUT2D eigenvalue weighted by Crippen LogP contribution is 2.27. The van der Waals surface area contributed by atoms with Crippen LogP contribution in [0.5, 0.6) is 11.5 Å². The van der Waals surface area contributed by atoms with E-state index < -0.39 is 0 Å². The second kappa shape index (κ2) is 13.7. The van der Waals surface area contributed by atoms with Crippen molar-refractivity contribution in [2.75, 3.05) is 14.2 Å². The van der Waals surface area contributed by atoms with Gasteiger partial charge >= 0.3 is 5.97 Å². The maximum Gasteiger partial charge on any atom is 0.305 e. The van der Waals surface area contributed by atoms with Gasteiger partial charge in [0.05, 0.1) is 20.3 Å². The number of esters is 1. The molecule has 0 aliphatic rings. The summed E-state index contributed by atoms with van der Waals surface area (Å²) in [4.78, 5) is 25.6. The van der Waals surface area contributed by atoms with Crippen LogP contribution in [0.25, 0.3) is 0 Å². The molecule has 1 atom stereocenters. The van der Waals surface area contributed by atoms with Gasteiger partial charge in [-0.1, -0.05) is 67.4 Å². The SMILES string of the molecule is COC(=O)CCc1ccc(OCc2ccccc2OC)cc1C(=O)NC(CC(C)C)c1cc(C)cc(C)c1. The number of methoxy groups -OCH3 is 2. The number of carbonyl (C=O) groups excluding carboxylic acids is 2. The lowest BCUT2D eigenvalue weighted by atomic mass is 9.93. The largest absolute Gasteiger partial charge is 0.496 e. The van der Waals surface area contributed by atoms with E-state index in [0.717, 1.165) is 40.0 Å². The Kier molecular flexibility index (Phi) is 10.3. The van der Waals surface area contributed by atoms with Gasteiger partial charge in [0.1, 0.15) is 18.1 Å². The van der Waals surface area contributed by atoms with Crippen molar-refractivity contribution in [1.29, 1.82) is 0 Å². The van der Waals surface area contributed by atoms with Gasteiger partial charge in [-0.3, -0.25) is 9.59 Å². The Balaban J connectivity index is 1.90. The number of benzene rings is 3. The maximum absolute atomic E-state index is 13.7. The fraction of sp³-hybridized carbons (Fsp3) is 0.375. The molecular weight excluding hydrogens is 478 g/mol. The van der Waals surface area contributed by atoms with Crippen molar-refractivity contribution in [1.82, 2.24) is 5.32 Å². The van der Waals surface area contributed by atoms with Crippen molar-refractivity contribution in [2.24, 2.45) is 5.92 Å². The predicted octanol–water partition coefficient (Wildman–Crippen LogP) is 6.51. The van der Waals surface area contributed by atoms with Gasteiger partial charge in [-0.2, -0.15) is 0 Å². The summed E-state index contributed by atoms with van der Waals surface area (Å²) in [7, 11) is 2.99. The number of hydrogen-bond acceptors (Lipinski definition) is 5. The zero-order valence-electron chi connectivity index (χ0n) is 23.3. The van der Waals surface area contributed by atoms with Gasteiger partial charge in [-0.25, -0.2) is 0 Å².